The molecule has 0 spiro atoms. The number of hydrogen-bond donors (Lipinski definition) is 1. The Hall–Kier alpha value is -1.26. The Morgan fingerprint density at radius 3 is 2.68 bits per heavy atom. The van der Waals surface area contributed by atoms with Gasteiger partial charge in [0.05, 0.1) is 13.2 Å². The number of carbonyl (C=O) groups excluding carboxylic acids is 1. The fourth-order valence-electron chi connectivity index (χ4n) is 4.01. The van der Waals surface area contributed by atoms with E-state index < -0.39 is 0 Å². The predicted molar refractivity (Wildman–Crippen MR) is 103 cm³/mol. The van der Waals surface area contributed by atoms with Gasteiger partial charge in [-0.15, -0.1) is 12.4 Å². The van der Waals surface area contributed by atoms with Gasteiger partial charge in [-0.05, 0) is 62.4 Å². The van der Waals surface area contributed by atoms with E-state index in [0.29, 0.717) is 18.2 Å². The maximum absolute atomic E-state index is 12.9. The van der Waals surface area contributed by atoms with Gasteiger partial charge >= 0.3 is 0 Å². The highest BCUT2D eigenvalue weighted by Gasteiger charge is 2.27. The SMILES string of the molecule is COc1ccc(C2CCCCCN2C(=O)CCC2CCNC2)cc1.Cl. The van der Waals surface area contributed by atoms with E-state index in [4.69, 9.17) is 4.74 Å². The average Bonchev–Trinajstić information content (AvgIpc) is 3.02. The van der Waals surface area contributed by atoms with Crippen molar-refractivity contribution in [1.29, 1.82) is 0 Å². The standard InChI is InChI=1S/C20H30N2O2.ClH/c1-24-18-9-7-17(8-10-18)19-5-3-2-4-14-22(19)20(23)11-6-16-12-13-21-15-16;/h7-10,16,19,21H,2-6,11-15H2,1H3;1H. The largest absolute Gasteiger partial charge is 0.497 e. The van der Waals surface area contributed by atoms with E-state index >= 15 is 0 Å². The van der Waals surface area contributed by atoms with E-state index in [-0.39, 0.29) is 18.4 Å². The molecule has 2 aliphatic heterocycles. The second-order valence-electron chi connectivity index (χ2n) is 7.12. The molecule has 0 aliphatic carbocycles. The molecule has 0 radical (unpaired) electrons. The molecule has 2 fully saturated rings. The summed E-state index contributed by atoms with van der Waals surface area (Å²) in [5.41, 5.74) is 1.24. The summed E-state index contributed by atoms with van der Waals surface area (Å²) < 4.78 is 5.26. The summed E-state index contributed by atoms with van der Waals surface area (Å²) >= 11 is 0. The van der Waals surface area contributed by atoms with Crippen molar-refractivity contribution in [2.45, 2.75) is 51.0 Å². The summed E-state index contributed by atoms with van der Waals surface area (Å²) in [6.45, 7) is 3.09. The number of rotatable bonds is 5. The highest BCUT2D eigenvalue weighted by molar-refractivity contribution is 5.85. The molecule has 2 atom stereocenters. The summed E-state index contributed by atoms with van der Waals surface area (Å²) in [7, 11) is 1.69. The molecular formula is C20H31ClN2O2. The summed E-state index contributed by atoms with van der Waals surface area (Å²) in [4.78, 5) is 15.0. The van der Waals surface area contributed by atoms with E-state index in [1.807, 2.05) is 12.1 Å². The third-order valence-electron chi connectivity index (χ3n) is 5.50. The quantitative estimate of drug-likeness (QED) is 0.857. The maximum Gasteiger partial charge on any atom is 0.223 e. The van der Waals surface area contributed by atoms with Gasteiger partial charge in [0.2, 0.25) is 5.91 Å². The predicted octanol–water partition coefficient (Wildman–Crippen LogP) is 3.95. The zero-order valence-corrected chi connectivity index (χ0v) is 16.0. The number of likely N-dealkylation sites (tertiary alicyclic amines) is 1. The first-order valence-corrected chi connectivity index (χ1v) is 9.42. The molecule has 3 rings (SSSR count). The van der Waals surface area contributed by atoms with Crippen LogP contribution in [-0.4, -0.2) is 37.6 Å². The molecule has 1 aromatic carbocycles. The monoisotopic (exact) mass is 366 g/mol. The van der Waals surface area contributed by atoms with Crippen LogP contribution in [-0.2, 0) is 4.79 Å². The number of carbonyl (C=O) groups is 1. The Morgan fingerprint density at radius 1 is 1.20 bits per heavy atom. The molecule has 2 heterocycles. The Balaban J connectivity index is 0.00000225. The molecule has 4 nitrogen and oxygen atoms in total. The highest BCUT2D eigenvalue weighted by atomic mass is 35.5. The highest BCUT2D eigenvalue weighted by Crippen LogP contribution is 2.32. The van der Waals surface area contributed by atoms with Crippen molar-refractivity contribution in [3.63, 3.8) is 0 Å². The van der Waals surface area contributed by atoms with Crippen LogP contribution in [0.4, 0.5) is 0 Å². The van der Waals surface area contributed by atoms with Crippen LogP contribution in [0.15, 0.2) is 24.3 Å². The van der Waals surface area contributed by atoms with E-state index in [9.17, 15) is 4.79 Å². The second-order valence-corrected chi connectivity index (χ2v) is 7.12. The van der Waals surface area contributed by atoms with Crippen molar-refractivity contribution in [1.82, 2.24) is 10.2 Å². The van der Waals surface area contributed by atoms with Crippen LogP contribution in [0.3, 0.4) is 0 Å². The van der Waals surface area contributed by atoms with Gasteiger partial charge < -0.3 is 15.0 Å². The summed E-state index contributed by atoms with van der Waals surface area (Å²) in [5, 5.41) is 3.39. The van der Waals surface area contributed by atoms with Crippen molar-refractivity contribution >= 4 is 18.3 Å². The molecule has 1 N–H and O–H groups in total. The van der Waals surface area contributed by atoms with E-state index in [1.165, 1.54) is 24.8 Å². The number of hydrogen-bond acceptors (Lipinski definition) is 3. The van der Waals surface area contributed by atoms with Crippen LogP contribution in [0, 0.1) is 5.92 Å². The van der Waals surface area contributed by atoms with Gasteiger partial charge in [0, 0.05) is 13.0 Å². The lowest BCUT2D eigenvalue weighted by Crippen LogP contribution is -2.35. The zero-order valence-electron chi connectivity index (χ0n) is 15.2. The number of methoxy groups -OCH3 is 1. The van der Waals surface area contributed by atoms with Crippen LogP contribution in [0.2, 0.25) is 0 Å². The van der Waals surface area contributed by atoms with Gasteiger partial charge in [-0.2, -0.15) is 0 Å². The normalized spacial score (nSPS) is 23.6. The number of amides is 1. The van der Waals surface area contributed by atoms with Gasteiger partial charge in [-0.3, -0.25) is 4.79 Å². The number of nitrogens with zero attached hydrogens (tertiary/aromatic N) is 1. The smallest absolute Gasteiger partial charge is 0.223 e. The fourth-order valence-corrected chi connectivity index (χ4v) is 4.01. The van der Waals surface area contributed by atoms with Gasteiger partial charge in [0.15, 0.2) is 0 Å². The molecule has 0 aromatic heterocycles. The first-order chi connectivity index (χ1) is 11.8. The van der Waals surface area contributed by atoms with Crippen LogP contribution in [0.1, 0.15) is 56.6 Å². The molecule has 0 bridgehead atoms. The van der Waals surface area contributed by atoms with Crippen molar-refractivity contribution in [3.8, 4) is 5.75 Å². The lowest BCUT2D eigenvalue weighted by atomic mass is 9.98. The van der Waals surface area contributed by atoms with Gasteiger partial charge in [-0.1, -0.05) is 25.0 Å². The molecule has 1 aromatic rings. The van der Waals surface area contributed by atoms with Crippen LogP contribution < -0.4 is 10.1 Å². The topological polar surface area (TPSA) is 41.6 Å². The van der Waals surface area contributed by atoms with Crippen molar-refractivity contribution in [2.75, 3.05) is 26.7 Å². The second kappa shape index (κ2) is 10.0. The third kappa shape index (κ3) is 5.35. The first-order valence-electron chi connectivity index (χ1n) is 9.42. The van der Waals surface area contributed by atoms with Crippen LogP contribution in [0.5, 0.6) is 5.75 Å². The summed E-state index contributed by atoms with van der Waals surface area (Å²) in [6.07, 6.45) is 7.56. The number of benzene rings is 1. The lowest BCUT2D eigenvalue weighted by Gasteiger charge is -2.31. The summed E-state index contributed by atoms with van der Waals surface area (Å²) in [6, 6.07) is 8.49. The summed E-state index contributed by atoms with van der Waals surface area (Å²) in [5.74, 6) is 1.89. The van der Waals surface area contributed by atoms with Crippen molar-refractivity contribution in [2.24, 2.45) is 5.92 Å². The van der Waals surface area contributed by atoms with Crippen molar-refractivity contribution in [3.05, 3.63) is 29.8 Å². The molecule has 140 valence electrons. The third-order valence-corrected chi connectivity index (χ3v) is 5.50. The Kier molecular flexibility index (Phi) is 8.04. The van der Waals surface area contributed by atoms with Crippen molar-refractivity contribution < 1.29 is 9.53 Å². The minimum atomic E-state index is 0. The minimum absolute atomic E-state index is 0. The van der Waals surface area contributed by atoms with E-state index in [2.05, 4.69) is 22.3 Å². The fraction of sp³-hybridized carbons (Fsp3) is 0.650. The maximum atomic E-state index is 12.9. The number of halogens is 1. The molecule has 25 heavy (non-hydrogen) atoms. The van der Waals surface area contributed by atoms with Gasteiger partial charge in [0.25, 0.3) is 0 Å². The molecule has 2 aliphatic rings. The average molecular weight is 367 g/mol. The Bertz CT molecular complexity index is 529. The molecule has 0 saturated carbocycles. The van der Waals surface area contributed by atoms with Gasteiger partial charge in [0.1, 0.15) is 5.75 Å². The molecule has 1 amide bonds. The molecular weight excluding hydrogens is 336 g/mol. The van der Waals surface area contributed by atoms with E-state index in [1.54, 1.807) is 7.11 Å². The van der Waals surface area contributed by atoms with Crippen LogP contribution >= 0.6 is 12.4 Å². The van der Waals surface area contributed by atoms with E-state index in [0.717, 1.165) is 44.6 Å². The molecule has 5 heteroatoms. The Morgan fingerprint density at radius 2 is 2.00 bits per heavy atom. The Labute approximate surface area is 157 Å². The molecule has 2 unspecified atom stereocenters. The first kappa shape index (κ1) is 20.1. The lowest BCUT2D eigenvalue weighted by molar-refractivity contribution is -0.134. The molecule has 2 saturated heterocycles. The minimum Gasteiger partial charge on any atom is -0.497 e. The van der Waals surface area contributed by atoms with Crippen LogP contribution in [0.25, 0.3) is 0 Å². The zero-order chi connectivity index (χ0) is 16.8. The number of nitrogens with one attached hydrogen (secondary N) is 1. The van der Waals surface area contributed by atoms with Gasteiger partial charge in [-0.25, -0.2) is 0 Å². The number of ether oxygens (including phenoxy) is 1.